The van der Waals surface area contributed by atoms with E-state index in [0.717, 1.165) is 5.69 Å². The Labute approximate surface area is 120 Å². The highest BCUT2D eigenvalue weighted by Crippen LogP contribution is 2.15. The summed E-state index contributed by atoms with van der Waals surface area (Å²) in [5.41, 5.74) is 6.96. The van der Waals surface area contributed by atoms with Gasteiger partial charge in [0.2, 0.25) is 0 Å². The molecule has 0 bridgehead atoms. The molecule has 0 aromatic heterocycles. The number of nitrogens with two attached hydrogens (primary N) is 1. The van der Waals surface area contributed by atoms with E-state index in [1.165, 1.54) is 0 Å². The molecule has 0 saturated carbocycles. The van der Waals surface area contributed by atoms with Crippen LogP contribution in [-0.2, 0) is 4.79 Å². The van der Waals surface area contributed by atoms with Crippen LogP contribution in [0.3, 0.4) is 0 Å². The predicted molar refractivity (Wildman–Crippen MR) is 79.9 cm³/mol. The number of nitrogens with one attached hydrogen (secondary N) is 2. The average Bonchev–Trinajstić information content (AvgIpc) is 2.47. The molecule has 1 amide bonds. The minimum absolute atomic E-state index is 0.0688. The van der Waals surface area contributed by atoms with Crippen LogP contribution in [0.15, 0.2) is 39.2 Å². The second-order valence-electron chi connectivity index (χ2n) is 4.66. The van der Waals surface area contributed by atoms with Gasteiger partial charge in [-0.1, -0.05) is 0 Å². The van der Waals surface area contributed by atoms with Crippen molar-refractivity contribution in [2.24, 2.45) is 20.7 Å². The van der Waals surface area contributed by atoms with Gasteiger partial charge in [-0.15, -0.1) is 0 Å². The first-order valence-corrected chi connectivity index (χ1v) is 6.39. The maximum Gasteiger partial charge on any atom is 0.255 e. The van der Waals surface area contributed by atoms with Gasteiger partial charge >= 0.3 is 0 Å². The van der Waals surface area contributed by atoms with E-state index >= 15 is 0 Å². The number of benzene rings is 1. The lowest BCUT2D eigenvalue weighted by Gasteiger charge is -2.25. The van der Waals surface area contributed by atoms with Crippen molar-refractivity contribution in [1.29, 1.82) is 0 Å². The standard InChI is InChI=1S/C13H14N6O2/c14-13-18-11-10(12(21)19-13)17-8(6-16-11)5-15-7-1-3-9(20)4-2-7/h1-4,6,10-11,15,20H,5H2,(H3,14,18,19,21). The number of aliphatic imine (C=N–C) groups is 3. The molecule has 0 aliphatic carbocycles. The van der Waals surface area contributed by atoms with Crippen molar-refractivity contribution in [1.82, 2.24) is 5.32 Å². The number of hydrogen-bond acceptors (Lipinski definition) is 7. The Hall–Kier alpha value is -2.90. The van der Waals surface area contributed by atoms with E-state index in [1.54, 1.807) is 30.5 Å². The average molecular weight is 286 g/mol. The van der Waals surface area contributed by atoms with E-state index in [9.17, 15) is 9.90 Å². The zero-order valence-electron chi connectivity index (χ0n) is 11.0. The molecule has 2 heterocycles. The van der Waals surface area contributed by atoms with Gasteiger partial charge in [0, 0.05) is 11.9 Å². The third-order valence-electron chi connectivity index (χ3n) is 3.10. The normalized spacial score (nSPS) is 23.7. The molecule has 3 rings (SSSR count). The summed E-state index contributed by atoms with van der Waals surface area (Å²) in [6, 6.07) is 6.00. The number of rotatable bonds is 3. The number of anilines is 1. The van der Waals surface area contributed by atoms with Crippen molar-refractivity contribution in [2.45, 2.75) is 12.2 Å². The quantitative estimate of drug-likeness (QED) is 0.557. The highest BCUT2D eigenvalue weighted by atomic mass is 16.3. The molecule has 1 aromatic carbocycles. The minimum atomic E-state index is -0.668. The van der Waals surface area contributed by atoms with Crippen molar-refractivity contribution in [3.63, 3.8) is 0 Å². The molecule has 0 radical (unpaired) electrons. The zero-order valence-corrected chi connectivity index (χ0v) is 11.0. The lowest BCUT2D eigenvalue weighted by molar-refractivity contribution is -0.121. The summed E-state index contributed by atoms with van der Waals surface area (Å²) in [5, 5.41) is 14.8. The van der Waals surface area contributed by atoms with Gasteiger partial charge in [0.25, 0.3) is 5.91 Å². The van der Waals surface area contributed by atoms with Crippen LogP contribution in [0.4, 0.5) is 5.69 Å². The van der Waals surface area contributed by atoms with Crippen LogP contribution in [0.25, 0.3) is 0 Å². The molecule has 8 nitrogen and oxygen atoms in total. The van der Waals surface area contributed by atoms with Crippen molar-refractivity contribution in [3.05, 3.63) is 24.3 Å². The van der Waals surface area contributed by atoms with E-state index in [1.807, 2.05) is 0 Å². The van der Waals surface area contributed by atoms with E-state index < -0.39 is 12.2 Å². The van der Waals surface area contributed by atoms with Crippen LogP contribution in [0.5, 0.6) is 5.75 Å². The predicted octanol–water partition coefficient (Wildman–Crippen LogP) is -0.531. The number of phenols is 1. The van der Waals surface area contributed by atoms with Crippen LogP contribution in [0, 0.1) is 0 Å². The Morgan fingerprint density at radius 3 is 2.81 bits per heavy atom. The van der Waals surface area contributed by atoms with Gasteiger partial charge in [-0.3, -0.25) is 20.1 Å². The number of hydrogen-bond donors (Lipinski definition) is 4. The number of amides is 1. The lowest BCUT2D eigenvalue weighted by atomic mass is 10.1. The highest BCUT2D eigenvalue weighted by Gasteiger charge is 2.33. The summed E-state index contributed by atoms with van der Waals surface area (Å²) in [5.74, 6) is -0.0277. The number of carbonyl (C=O) groups excluding carboxylic acids is 1. The molecule has 0 spiro atoms. The lowest BCUT2D eigenvalue weighted by Crippen LogP contribution is -2.52. The first-order valence-electron chi connectivity index (χ1n) is 6.39. The van der Waals surface area contributed by atoms with Crippen LogP contribution in [-0.4, -0.2) is 47.7 Å². The third kappa shape index (κ3) is 2.83. The third-order valence-corrected chi connectivity index (χ3v) is 3.10. The number of guanidine groups is 1. The van der Waals surface area contributed by atoms with Crippen LogP contribution >= 0.6 is 0 Å². The summed E-state index contributed by atoms with van der Waals surface area (Å²) < 4.78 is 0. The van der Waals surface area contributed by atoms with Gasteiger partial charge in [-0.05, 0) is 24.3 Å². The second-order valence-corrected chi connectivity index (χ2v) is 4.66. The van der Waals surface area contributed by atoms with E-state index in [4.69, 9.17) is 5.73 Å². The zero-order chi connectivity index (χ0) is 14.8. The Bertz CT molecular complexity index is 649. The molecule has 2 unspecified atom stereocenters. The Kier molecular flexibility index (Phi) is 3.27. The largest absolute Gasteiger partial charge is 0.508 e. The minimum Gasteiger partial charge on any atom is -0.508 e. The molecule has 5 N–H and O–H groups in total. The fraction of sp³-hybridized carbons (Fsp3) is 0.231. The molecule has 108 valence electrons. The van der Waals surface area contributed by atoms with E-state index in [0.29, 0.717) is 12.3 Å². The van der Waals surface area contributed by atoms with Crippen LogP contribution in [0.2, 0.25) is 0 Å². The number of fused-ring (bicyclic) bond motifs is 1. The van der Waals surface area contributed by atoms with Crippen LogP contribution in [0.1, 0.15) is 0 Å². The van der Waals surface area contributed by atoms with Gasteiger partial charge in [0.1, 0.15) is 5.75 Å². The highest BCUT2D eigenvalue weighted by molar-refractivity contribution is 6.33. The van der Waals surface area contributed by atoms with Gasteiger partial charge in [-0.2, -0.15) is 0 Å². The first-order chi connectivity index (χ1) is 10.1. The van der Waals surface area contributed by atoms with E-state index in [-0.39, 0.29) is 17.6 Å². The molecule has 2 atom stereocenters. The summed E-state index contributed by atoms with van der Waals surface area (Å²) in [6.07, 6.45) is 1.01. The number of aromatic hydroxyl groups is 1. The Morgan fingerprint density at radius 2 is 2.05 bits per heavy atom. The summed E-state index contributed by atoms with van der Waals surface area (Å²) in [4.78, 5) is 24.4. The summed E-state index contributed by atoms with van der Waals surface area (Å²) >= 11 is 0. The number of nitrogens with zero attached hydrogens (tertiary/aromatic N) is 3. The molecule has 1 aromatic rings. The molecule has 8 heteroatoms. The molecular weight excluding hydrogens is 272 g/mol. The maximum atomic E-state index is 11.8. The van der Waals surface area contributed by atoms with Crippen molar-refractivity contribution in [3.8, 4) is 5.75 Å². The fourth-order valence-corrected chi connectivity index (χ4v) is 2.06. The smallest absolute Gasteiger partial charge is 0.255 e. The SMILES string of the molecule is NC1=NC2N=CC(CNc3ccc(O)cc3)=NC2C(=O)N1. The fourth-order valence-electron chi connectivity index (χ4n) is 2.06. The molecule has 2 aliphatic rings. The van der Waals surface area contributed by atoms with Gasteiger partial charge in [-0.25, -0.2) is 4.99 Å². The molecule has 0 fully saturated rings. The van der Waals surface area contributed by atoms with Crippen molar-refractivity contribution in [2.75, 3.05) is 11.9 Å². The van der Waals surface area contributed by atoms with E-state index in [2.05, 4.69) is 25.6 Å². The van der Waals surface area contributed by atoms with Crippen LogP contribution < -0.4 is 16.4 Å². The second kappa shape index (κ2) is 5.23. The summed E-state index contributed by atoms with van der Waals surface area (Å²) in [6.45, 7) is 0.421. The Morgan fingerprint density at radius 1 is 1.29 bits per heavy atom. The van der Waals surface area contributed by atoms with Crippen molar-refractivity contribution < 1.29 is 9.90 Å². The topological polar surface area (TPSA) is 124 Å². The molecule has 2 aliphatic heterocycles. The maximum absolute atomic E-state index is 11.8. The van der Waals surface area contributed by atoms with Gasteiger partial charge in [0.15, 0.2) is 18.2 Å². The number of phenolic OH excluding ortho intramolecular Hbond substituents is 1. The van der Waals surface area contributed by atoms with Gasteiger partial charge in [0.05, 0.1) is 12.3 Å². The monoisotopic (exact) mass is 286 g/mol. The van der Waals surface area contributed by atoms with Crippen molar-refractivity contribution >= 4 is 29.5 Å². The summed E-state index contributed by atoms with van der Waals surface area (Å²) in [7, 11) is 0. The Balaban J connectivity index is 1.68. The molecule has 21 heavy (non-hydrogen) atoms. The molecular formula is C13H14N6O2. The molecule has 0 saturated heterocycles. The van der Waals surface area contributed by atoms with Gasteiger partial charge < -0.3 is 16.2 Å². The number of carbonyl (C=O) groups is 1. The first kappa shape index (κ1) is 13.1.